The molecule has 0 atom stereocenters. The van der Waals surface area contributed by atoms with E-state index in [1.807, 2.05) is 6.92 Å². The van der Waals surface area contributed by atoms with Crippen LogP contribution in [0.4, 0.5) is 10.1 Å². The summed E-state index contributed by atoms with van der Waals surface area (Å²) < 4.78 is 15.8. The molecule has 4 aromatic rings. The Morgan fingerprint density at radius 1 is 1.19 bits per heavy atom. The molecule has 7 nitrogen and oxygen atoms in total. The van der Waals surface area contributed by atoms with Crippen molar-refractivity contribution >= 4 is 28.7 Å². The van der Waals surface area contributed by atoms with E-state index >= 15 is 0 Å². The number of halogens is 2. The van der Waals surface area contributed by atoms with Gasteiger partial charge in [-0.3, -0.25) is 9.59 Å². The van der Waals surface area contributed by atoms with Crippen molar-refractivity contribution in [2.75, 3.05) is 5.32 Å². The first kappa shape index (κ1) is 20.8. The first-order valence-corrected chi connectivity index (χ1v) is 9.78. The van der Waals surface area contributed by atoms with Crippen LogP contribution in [-0.4, -0.2) is 25.2 Å². The SMILES string of the molecule is Cc1ccc(NC(=O)Cn2ccn3nc(-c4ccc(F)cc4)c(CO)c3c2=O)cc1Cl. The average Bonchev–Trinajstić information content (AvgIpc) is 3.13. The van der Waals surface area contributed by atoms with Crippen molar-refractivity contribution in [3.05, 3.63) is 87.2 Å². The van der Waals surface area contributed by atoms with Gasteiger partial charge in [-0.1, -0.05) is 17.7 Å². The molecule has 0 aliphatic rings. The molecule has 0 fully saturated rings. The molecule has 158 valence electrons. The fourth-order valence-corrected chi connectivity index (χ4v) is 3.47. The van der Waals surface area contributed by atoms with Crippen LogP contribution in [0.25, 0.3) is 16.8 Å². The molecule has 0 bridgehead atoms. The van der Waals surface area contributed by atoms with Gasteiger partial charge in [0, 0.05) is 34.2 Å². The molecule has 4 rings (SSSR count). The zero-order chi connectivity index (χ0) is 22.1. The maximum atomic E-state index is 13.3. The fourth-order valence-electron chi connectivity index (χ4n) is 3.29. The maximum Gasteiger partial charge on any atom is 0.277 e. The molecule has 0 aliphatic heterocycles. The van der Waals surface area contributed by atoms with Gasteiger partial charge in [0.25, 0.3) is 5.56 Å². The van der Waals surface area contributed by atoms with Gasteiger partial charge in [0.15, 0.2) is 0 Å². The van der Waals surface area contributed by atoms with Crippen molar-refractivity contribution in [2.24, 2.45) is 0 Å². The minimum Gasteiger partial charge on any atom is -0.392 e. The number of carbonyl (C=O) groups excluding carboxylic acids is 1. The van der Waals surface area contributed by atoms with Crippen LogP contribution in [0, 0.1) is 12.7 Å². The number of nitrogens with zero attached hydrogens (tertiary/aromatic N) is 3. The van der Waals surface area contributed by atoms with Gasteiger partial charge in [-0.05, 0) is 48.9 Å². The number of benzene rings is 2. The number of hydrogen-bond acceptors (Lipinski definition) is 4. The average molecular weight is 441 g/mol. The Balaban J connectivity index is 1.67. The molecule has 2 N–H and O–H groups in total. The second kappa shape index (κ2) is 8.33. The van der Waals surface area contributed by atoms with Crippen LogP contribution in [-0.2, 0) is 17.9 Å². The van der Waals surface area contributed by atoms with E-state index in [9.17, 15) is 19.1 Å². The first-order valence-electron chi connectivity index (χ1n) is 9.41. The van der Waals surface area contributed by atoms with E-state index in [0.717, 1.165) is 5.56 Å². The molecule has 1 amide bonds. The number of aliphatic hydroxyl groups is 1. The standard InChI is InChI=1S/C22H18ClFN4O3/c1-13-2-7-16(10-18(13)23)25-19(30)11-27-8-9-28-21(22(27)31)17(12-29)20(26-28)14-3-5-15(24)6-4-14/h2-10,29H,11-12H2,1H3,(H,25,30). The lowest BCUT2D eigenvalue weighted by Gasteiger charge is -2.09. The van der Waals surface area contributed by atoms with E-state index in [2.05, 4.69) is 10.4 Å². The normalized spacial score (nSPS) is 11.1. The van der Waals surface area contributed by atoms with Crippen LogP contribution in [0.15, 0.2) is 59.7 Å². The van der Waals surface area contributed by atoms with Crippen molar-refractivity contribution < 1.29 is 14.3 Å². The Kier molecular flexibility index (Phi) is 5.58. The van der Waals surface area contributed by atoms with Gasteiger partial charge in [0.1, 0.15) is 17.9 Å². The number of hydrogen-bond donors (Lipinski definition) is 2. The predicted molar refractivity (Wildman–Crippen MR) is 116 cm³/mol. The number of nitrogens with one attached hydrogen (secondary N) is 1. The van der Waals surface area contributed by atoms with Gasteiger partial charge in [-0.15, -0.1) is 0 Å². The molecular formula is C22H18ClFN4O3. The molecule has 0 unspecified atom stereocenters. The molecule has 9 heteroatoms. The highest BCUT2D eigenvalue weighted by atomic mass is 35.5. The summed E-state index contributed by atoms with van der Waals surface area (Å²) in [6.07, 6.45) is 2.97. The Hall–Kier alpha value is -3.49. The van der Waals surface area contributed by atoms with Crippen LogP contribution in [0.5, 0.6) is 0 Å². The molecule has 2 heterocycles. The van der Waals surface area contributed by atoms with Crippen LogP contribution >= 0.6 is 11.6 Å². The summed E-state index contributed by atoms with van der Waals surface area (Å²) in [6, 6.07) is 10.7. The van der Waals surface area contributed by atoms with Gasteiger partial charge in [-0.2, -0.15) is 5.10 Å². The highest BCUT2D eigenvalue weighted by molar-refractivity contribution is 6.31. The number of aryl methyl sites for hydroxylation is 1. The summed E-state index contributed by atoms with van der Waals surface area (Å²) in [4.78, 5) is 25.5. The fraction of sp³-hybridized carbons (Fsp3) is 0.136. The molecule has 2 aromatic carbocycles. The summed E-state index contributed by atoms with van der Waals surface area (Å²) in [5.41, 5.74) is 2.31. The Morgan fingerprint density at radius 3 is 2.61 bits per heavy atom. The second-order valence-electron chi connectivity index (χ2n) is 7.03. The zero-order valence-corrected chi connectivity index (χ0v) is 17.2. The van der Waals surface area contributed by atoms with E-state index in [-0.39, 0.29) is 12.1 Å². The van der Waals surface area contributed by atoms with Gasteiger partial charge < -0.3 is 15.0 Å². The zero-order valence-electron chi connectivity index (χ0n) is 16.5. The summed E-state index contributed by atoms with van der Waals surface area (Å²) in [5.74, 6) is -0.809. The third kappa shape index (κ3) is 4.08. The highest BCUT2D eigenvalue weighted by Gasteiger charge is 2.18. The Bertz CT molecular complexity index is 1350. The maximum absolute atomic E-state index is 13.3. The van der Waals surface area contributed by atoms with Crippen LogP contribution in [0.2, 0.25) is 5.02 Å². The second-order valence-corrected chi connectivity index (χ2v) is 7.44. The molecule has 2 aromatic heterocycles. The number of anilines is 1. The van der Waals surface area contributed by atoms with Crippen LogP contribution in [0.3, 0.4) is 0 Å². The van der Waals surface area contributed by atoms with Gasteiger partial charge in [0.2, 0.25) is 5.91 Å². The van der Waals surface area contributed by atoms with Gasteiger partial charge >= 0.3 is 0 Å². The van der Waals surface area contributed by atoms with Crippen molar-refractivity contribution in [3.8, 4) is 11.3 Å². The minimum absolute atomic E-state index is 0.149. The number of amides is 1. The quantitative estimate of drug-likeness (QED) is 0.498. The largest absolute Gasteiger partial charge is 0.392 e. The molecule has 0 radical (unpaired) electrons. The van der Waals surface area contributed by atoms with E-state index in [1.54, 1.807) is 18.2 Å². The van der Waals surface area contributed by atoms with E-state index in [0.29, 0.717) is 27.5 Å². The van der Waals surface area contributed by atoms with Crippen LogP contribution in [0.1, 0.15) is 11.1 Å². The predicted octanol–water partition coefficient (Wildman–Crippen LogP) is 3.39. The van der Waals surface area contributed by atoms with Gasteiger partial charge in [-0.25, -0.2) is 8.91 Å². The molecule has 31 heavy (non-hydrogen) atoms. The van der Waals surface area contributed by atoms with E-state index in [4.69, 9.17) is 11.6 Å². The molecule has 0 saturated carbocycles. The van der Waals surface area contributed by atoms with Crippen molar-refractivity contribution in [1.29, 1.82) is 0 Å². The summed E-state index contributed by atoms with van der Waals surface area (Å²) in [6.45, 7) is 1.18. The summed E-state index contributed by atoms with van der Waals surface area (Å²) >= 11 is 6.08. The molecule has 0 aliphatic carbocycles. The number of fused-ring (bicyclic) bond motifs is 1. The van der Waals surface area contributed by atoms with E-state index < -0.39 is 23.9 Å². The monoisotopic (exact) mass is 440 g/mol. The van der Waals surface area contributed by atoms with Gasteiger partial charge in [0.05, 0.1) is 12.3 Å². The first-order chi connectivity index (χ1) is 14.9. The minimum atomic E-state index is -0.482. The number of aromatic nitrogens is 3. The highest BCUT2D eigenvalue weighted by Crippen LogP contribution is 2.25. The number of carbonyl (C=O) groups is 1. The lowest BCUT2D eigenvalue weighted by atomic mass is 10.1. The molecular weight excluding hydrogens is 423 g/mol. The Morgan fingerprint density at radius 2 is 1.94 bits per heavy atom. The third-order valence-electron chi connectivity index (χ3n) is 4.91. The third-order valence-corrected chi connectivity index (χ3v) is 5.31. The number of aliphatic hydroxyl groups excluding tert-OH is 1. The van der Waals surface area contributed by atoms with E-state index in [1.165, 1.54) is 45.7 Å². The molecule has 0 spiro atoms. The summed E-state index contributed by atoms with van der Waals surface area (Å²) in [5, 5.41) is 17.5. The van der Waals surface area contributed by atoms with Crippen LogP contribution < -0.4 is 10.9 Å². The topological polar surface area (TPSA) is 88.6 Å². The number of rotatable bonds is 5. The molecule has 0 saturated heterocycles. The van der Waals surface area contributed by atoms with Crippen molar-refractivity contribution in [3.63, 3.8) is 0 Å². The smallest absolute Gasteiger partial charge is 0.277 e. The summed E-state index contributed by atoms with van der Waals surface area (Å²) in [7, 11) is 0. The Labute approximate surface area is 181 Å². The lowest BCUT2D eigenvalue weighted by Crippen LogP contribution is -2.28. The van der Waals surface area contributed by atoms with Crippen molar-refractivity contribution in [2.45, 2.75) is 20.1 Å². The van der Waals surface area contributed by atoms with Crippen molar-refractivity contribution in [1.82, 2.24) is 14.2 Å². The lowest BCUT2D eigenvalue weighted by molar-refractivity contribution is -0.116.